The fraction of sp³-hybridized carbons (Fsp3) is 0.318. The first-order valence-electron chi connectivity index (χ1n) is 9.62. The van der Waals surface area contributed by atoms with Crippen LogP contribution in [0.5, 0.6) is 0 Å². The summed E-state index contributed by atoms with van der Waals surface area (Å²) in [5.74, 6) is -1.93. The van der Waals surface area contributed by atoms with Crippen LogP contribution in [0.2, 0.25) is 0 Å². The molecule has 5 rings (SSSR count). The highest BCUT2D eigenvalue weighted by Gasteiger charge is 2.69. The largest absolute Gasteiger partial charge is 0.324 e. The van der Waals surface area contributed by atoms with Gasteiger partial charge in [0.2, 0.25) is 17.7 Å². The highest BCUT2D eigenvalue weighted by atomic mass is 16.2. The molecule has 2 aromatic rings. The van der Waals surface area contributed by atoms with Crippen LogP contribution in [0.1, 0.15) is 18.1 Å². The summed E-state index contributed by atoms with van der Waals surface area (Å²) < 4.78 is 0. The monoisotopic (exact) mass is 375 g/mol. The molecule has 3 amide bonds. The topological polar surface area (TPSA) is 78.5 Å². The molecule has 0 saturated carbocycles. The molecule has 2 saturated heterocycles. The molecule has 4 unspecified atom stereocenters. The van der Waals surface area contributed by atoms with Gasteiger partial charge >= 0.3 is 0 Å². The van der Waals surface area contributed by atoms with Gasteiger partial charge in [-0.1, -0.05) is 48.5 Å². The van der Waals surface area contributed by atoms with E-state index in [1.54, 1.807) is 0 Å². The zero-order valence-corrected chi connectivity index (χ0v) is 15.5. The Kier molecular flexibility index (Phi) is 3.67. The van der Waals surface area contributed by atoms with Crippen LogP contribution in [0.15, 0.2) is 54.6 Å². The van der Waals surface area contributed by atoms with Crippen molar-refractivity contribution in [3.63, 3.8) is 0 Å². The molecule has 0 aliphatic carbocycles. The van der Waals surface area contributed by atoms with Crippen molar-refractivity contribution in [1.29, 1.82) is 0 Å². The zero-order valence-electron chi connectivity index (χ0n) is 15.5. The van der Waals surface area contributed by atoms with Gasteiger partial charge in [-0.25, -0.2) is 0 Å². The zero-order chi connectivity index (χ0) is 19.5. The Labute approximate surface area is 162 Å². The molecule has 6 heteroatoms. The molecular weight excluding hydrogens is 354 g/mol. The van der Waals surface area contributed by atoms with Gasteiger partial charge in [-0.05, 0) is 25.0 Å². The van der Waals surface area contributed by atoms with Crippen LogP contribution >= 0.6 is 0 Å². The Hall–Kier alpha value is -2.99. The number of anilines is 1. The Balaban J connectivity index is 1.50. The Morgan fingerprint density at radius 3 is 2.46 bits per heavy atom. The molecule has 0 bridgehead atoms. The van der Waals surface area contributed by atoms with Crippen molar-refractivity contribution in [2.24, 2.45) is 11.8 Å². The molecule has 28 heavy (non-hydrogen) atoms. The number of para-hydroxylation sites is 1. The number of amides is 3. The van der Waals surface area contributed by atoms with Crippen LogP contribution in [0.4, 0.5) is 5.69 Å². The highest BCUT2D eigenvalue weighted by molar-refractivity contribution is 6.15. The van der Waals surface area contributed by atoms with Gasteiger partial charge in [0, 0.05) is 23.8 Å². The minimum Gasteiger partial charge on any atom is -0.324 e. The summed E-state index contributed by atoms with van der Waals surface area (Å²) in [5, 5.41) is 6.20. The Morgan fingerprint density at radius 2 is 1.68 bits per heavy atom. The standard InChI is InChI=1S/C22H21N3O3/c1-13-17-18(22(24-13)15-9-5-6-10-16(15)23-21(22)28)20(27)25(19(17)26)12-11-14-7-3-2-4-8-14/h2-10,13,17-18,24H,11-12H2,1H3,(H,23,28). The number of likely N-dealkylation sites (tertiary alicyclic amines) is 1. The van der Waals surface area contributed by atoms with Gasteiger partial charge in [-0.2, -0.15) is 0 Å². The third-order valence-corrected chi connectivity index (χ3v) is 6.33. The molecule has 0 aromatic heterocycles. The third kappa shape index (κ3) is 2.15. The molecule has 3 aliphatic rings. The van der Waals surface area contributed by atoms with Crippen molar-refractivity contribution < 1.29 is 14.4 Å². The summed E-state index contributed by atoms with van der Waals surface area (Å²) in [4.78, 5) is 40.9. The lowest BCUT2D eigenvalue weighted by Gasteiger charge is -2.29. The van der Waals surface area contributed by atoms with Crippen molar-refractivity contribution in [3.05, 3.63) is 65.7 Å². The number of carbonyl (C=O) groups is 3. The first-order valence-corrected chi connectivity index (χ1v) is 9.62. The van der Waals surface area contributed by atoms with E-state index in [1.807, 2.05) is 61.5 Å². The minimum atomic E-state index is -1.17. The maximum Gasteiger partial charge on any atom is 0.250 e. The number of nitrogens with one attached hydrogen (secondary N) is 2. The number of hydrogen-bond acceptors (Lipinski definition) is 4. The van der Waals surface area contributed by atoms with E-state index in [9.17, 15) is 14.4 Å². The lowest BCUT2D eigenvalue weighted by atomic mass is 9.76. The van der Waals surface area contributed by atoms with E-state index >= 15 is 0 Å². The number of benzene rings is 2. The number of rotatable bonds is 3. The van der Waals surface area contributed by atoms with Crippen molar-refractivity contribution in [3.8, 4) is 0 Å². The van der Waals surface area contributed by atoms with E-state index < -0.39 is 17.4 Å². The van der Waals surface area contributed by atoms with E-state index in [-0.39, 0.29) is 23.8 Å². The lowest BCUT2D eigenvalue weighted by molar-refractivity contribution is -0.142. The molecule has 2 aromatic carbocycles. The maximum atomic E-state index is 13.4. The number of nitrogens with zero attached hydrogens (tertiary/aromatic N) is 1. The molecule has 6 nitrogen and oxygen atoms in total. The molecule has 0 radical (unpaired) electrons. The third-order valence-electron chi connectivity index (χ3n) is 6.33. The average molecular weight is 375 g/mol. The van der Waals surface area contributed by atoms with E-state index in [2.05, 4.69) is 10.6 Å². The van der Waals surface area contributed by atoms with Gasteiger partial charge in [-0.3, -0.25) is 24.6 Å². The van der Waals surface area contributed by atoms with Crippen LogP contribution in [0.3, 0.4) is 0 Å². The summed E-state index contributed by atoms with van der Waals surface area (Å²) in [6, 6.07) is 16.9. The van der Waals surface area contributed by atoms with Crippen LogP contribution < -0.4 is 10.6 Å². The maximum absolute atomic E-state index is 13.4. The van der Waals surface area contributed by atoms with E-state index in [0.717, 1.165) is 11.1 Å². The van der Waals surface area contributed by atoms with Crippen molar-refractivity contribution in [2.75, 3.05) is 11.9 Å². The summed E-state index contributed by atoms with van der Waals surface area (Å²) in [5.41, 5.74) is 1.36. The second-order valence-corrected chi connectivity index (χ2v) is 7.81. The molecule has 3 aliphatic heterocycles. The van der Waals surface area contributed by atoms with Crippen molar-refractivity contribution in [1.82, 2.24) is 10.2 Å². The Morgan fingerprint density at radius 1 is 0.964 bits per heavy atom. The lowest BCUT2D eigenvalue weighted by Crippen LogP contribution is -2.53. The molecule has 3 heterocycles. The van der Waals surface area contributed by atoms with Crippen LogP contribution in [-0.2, 0) is 26.3 Å². The minimum absolute atomic E-state index is 0.181. The summed E-state index contributed by atoms with van der Waals surface area (Å²) in [7, 11) is 0. The summed E-state index contributed by atoms with van der Waals surface area (Å²) in [6.07, 6.45) is 0.607. The molecule has 4 atom stereocenters. The fourth-order valence-electron chi connectivity index (χ4n) is 5.09. The number of hydrogen-bond donors (Lipinski definition) is 2. The van der Waals surface area contributed by atoms with Crippen LogP contribution in [0.25, 0.3) is 0 Å². The molecule has 2 fully saturated rings. The van der Waals surface area contributed by atoms with E-state index in [0.29, 0.717) is 18.7 Å². The normalized spacial score (nSPS) is 30.7. The van der Waals surface area contributed by atoms with Crippen LogP contribution in [-0.4, -0.2) is 35.2 Å². The van der Waals surface area contributed by atoms with Gasteiger partial charge in [0.1, 0.15) is 5.54 Å². The number of carbonyl (C=O) groups excluding carboxylic acids is 3. The Bertz CT molecular complexity index is 990. The van der Waals surface area contributed by atoms with Gasteiger partial charge in [0.05, 0.1) is 11.8 Å². The SMILES string of the molecule is CC1NC2(C(=O)Nc3ccccc32)C2C(=O)N(CCc3ccccc3)C(=O)C12. The number of imide groups is 1. The second kappa shape index (κ2) is 6.01. The molecule has 142 valence electrons. The average Bonchev–Trinajstić information content (AvgIpc) is 3.26. The van der Waals surface area contributed by atoms with E-state index in [4.69, 9.17) is 0 Å². The quantitative estimate of drug-likeness (QED) is 0.800. The second-order valence-electron chi connectivity index (χ2n) is 7.81. The predicted molar refractivity (Wildman–Crippen MR) is 103 cm³/mol. The highest BCUT2D eigenvalue weighted by Crippen LogP contribution is 2.52. The first kappa shape index (κ1) is 17.1. The van der Waals surface area contributed by atoms with Crippen molar-refractivity contribution in [2.45, 2.75) is 24.9 Å². The van der Waals surface area contributed by atoms with Gasteiger partial charge in [0.25, 0.3) is 0 Å². The molecule has 1 spiro atoms. The van der Waals surface area contributed by atoms with Crippen molar-refractivity contribution >= 4 is 23.4 Å². The van der Waals surface area contributed by atoms with Gasteiger partial charge in [-0.15, -0.1) is 0 Å². The fourth-order valence-corrected chi connectivity index (χ4v) is 5.09. The number of fused-ring (bicyclic) bond motifs is 4. The van der Waals surface area contributed by atoms with Gasteiger partial charge in [0.15, 0.2) is 0 Å². The smallest absolute Gasteiger partial charge is 0.250 e. The first-order chi connectivity index (χ1) is 13.5. The summed E-state index contributed by atoms with van der Waals surface area (Å²) >= 11 is 0. The van der Waals surface area contributed by atoms with E-state index in [1.165, 1.54) is 4.90 Å². The summed E-state index contributed by atoms with van der Waals surface area (Å²) in [6.45, 7) is 2.22. The van der Waals surface area contributed by atoms with Crippen LogP contribution in [0, 0.1) is 11.8 Å². The molecule has 2 N–H and O–H groups in total. The predicted octanol–water partition coefficient (Wildman–Crippen LogP) is 1.67. The molecular formula is C22H21N3O3. The van der Waals surface area contributed by atoms with Gasteiger partial charge < -0.3 is 5.32 Å².